The van der Waals surface area contributed by atoms with Crippen molar-refractivity contribution in [2.75, 3.05) is 6.54 Å². The predicted octanol–water partition coefficient (Wildman–Crippen LogP) is 3.21. The number of benzene rings is 2. The minimum atomic E-state index is -3.55. The van der Waals surface area contributed by atoms with Crippen molar-refractivity contribution in [2.45, 2.75) is 24.7 Å². The average molecular weight is 391 g/mol. The van der Waals surface area contributed by atoms with Gasteiger partial charge in [0.15, 0.2) is 5.82 Å². The van der Waals surface area contributed by atoms with E-state index in [-0.39, 0.29) is 6.54 Å². The summed E-state index contributed by atoms with van der Waals surface area (Å²) in [6, 6.07) is 14.2. The Morgan fingerprint density at radius 3 is 2.58 bits per heavy atom. The molecular weight excluding hydrogens is 372 g/mol. The molecule has 0 fully saturated rings. The van der Waals surface area contributed by atoms with Gasteiger partial charge in [0.2, 0.25) is 10.0 Å². The number of rotatable bonds is 7. The third kappa shape index (κ3) is 4.30. The first-order valence-electron chi connectivity index (χ1n) is 8.24. The van der Waals surface area contributed by atoms with E-state index < -0.39 is 10.0 Å². The number of H-pyrrole nitrogens is 1. The van der Waals surface area contributed by atoms with Crippen molar-refractivity contribution in [3.8, 4) is 11.4 Å². The van der Waals surface area contributed by atoms with Crippen LogP contribution in [-0.4, -0.2) is 30.1 Å². The zero-order valence-electron chi connectivity index (χ0n) is 14.2. The highest BCUT2D eigenvalue weighted by atomic mass is 35.5. The maximum absolute atomic E-state index is 12.5. The molecule has 0 bridgehead atoms. The van der Waals surface area contributed by atoms with Crippen LogP contribution in [0.5, 0.6) is 0 Å². The Balaban J connectivity index is 1.64. The van der Waals surface area contributed by atoms with Crippen molar-refractivity contribution in [1.29, 1.82) is 0 Å². The van der Waals surface area contributed by atoms with Gasteiger partial charge >= 0.3 is 0 Å². The highest BCUT2D eigenvalue weighted by Crippen LogP contribution is 2.18. The van der Waals surface area contributed by atoms with Gasteiger partial charge in [-0.25, -0.2) is 18.1 Å². The number of nitrogens with one attached hydrogen (secondary N) is 2. The molecule has 26 heavy (non-hydrogen) atoms. The van der Waals surface area contributed by atoms with E-state index in [4.69, 9.17) is 11.6 Å². The van der Waals surface area contributed by atoms with Crippen LogP contribution in [0.2, 0.25) is 5.02 Å². The molecule has 0 aliphatic rings. The van der Waals surface area contributed by atoms with Crippen LogP contribution >= 0.6 is 11.6 Å². The lowest BCUT2D eigenvalue weighted by Crippen LogP contribution is -2.27. The molecule has 0 unspecified atom stereocenters. The zero-order valence-corrected chi connectivity index (χ0v) is 15.8. The number of aromatic nitrogens is 3. The van der Waals surface area contributed by atoms with Crippen molar-refractivity contribution in [1.82, 2.24) is 19.9 Å². The van der Waals surface area contributed by atoms with E-state index in [2.05, 4.69) is 19.9 Å². The average Bonchev–Trinajstić information content (AvgIpc) is 3.11. The van der Waals surface area contributed by atoms with E-state index in [0.29, 0.717) is 34.4 Å². The minimum absolute atomic E-state index is 0.232. The minimum Gasteiger partial charge on any atom is -0.263 e. The van der Waals surface area contributed by atoms with Crippen molar-refractivity contribution in [3.63, 3.8) is 0 Å². The molecule has 8 heteroatoms. The van der Waals surface area contributed by atoms with Gasteiger partial charge in [-0.15, -0.1) is 0 Å². The molecule has 136 valence electrons. The predicted molar refractivity (Wildman–Crippen MR) is 102 cm³/mol. The Bertz CT molecular complexity index is 984. The summed E-state index contributed by atoms with van der Waals surface area (Å²) in [6.45, 7) is 2.16. The van der Waals surface area contributed by atoms with E-state index in [1.54, 1.807) is 24.3 Å². The summed E-state index contributed by atoms with van der Waals surface area (Å²) in [7, 11) is -3.55. The van der Waals surface area contributed by atoms with Crippen LogP contribution in [0.1, 0.15) is 18.3 Å². The number of sulfonamides is 1. The fourth-order valence-electron chi connectivity index (χ4n) is 2.57. The van der Waals surface area contributed by atoms with Gasteiger partial charge in [-0.3, -0.25) is 5.10 Å². The summed E-state index contributed by atoms with van der Waals surface area (Å²) in [5.41, 5.74) is 1.64. The van der Waals surface area contributed by atoms with Crippen LogP contribution in [0.4, 0.5) is 0 Å². The molecule has 0 aliphatic heterocycles. The second-order valence-corrected chi connectivity index (χ2v) is 7.89. The highest BCUT2D eigenvalue weighted by molar-refractivity contribution is 7.89. The molecule has 3 rings (SSSR count). The summed E-state index contributed by atoms with van der Waals surface area (Å²) >= 11 is 5.87. The quantitative estimate of drug-likeness (QED) is 0.648. The zero-order chi connectivity index (χ0) is 18.6. The smallest absolute Gasteiger partial charge is 0.240 e. The van der Waals surface area contributed by atoms with Crippen molar-refractivity contribution < 1.29 is 8.42 Å². The molecule has 1 aromatic heterocycles. The Kier molecular flexibility index (Phi) is 5.70. The van der Waals surface area contributed by atoms with Gasteiger partial charge in [-0.05, 0) is 42.3 Å². The van der Waals surface area contributed by atoms with E-state index >= 15 is 0 Å². The first-order valence-corrected chi connectivity index (χ1v) is 10.1. The number of hydrogen-bond donors (Lipinski definition) is 2. The first-order chi connectivity index (χ1) is 12.5. The lowest BCUT2D eigenvalue weighted by Gasteiger charge is -2.09. The van der Waals surface area contributed by atoms with Crippen LogP contribution in [0.25, 0.3) is 11.4 Å². The van der Waals surface area contributed by atoms with Gasteiger partial charge in [0.25, 0.3) is 0 Å². The van der Waals surface area contributed by atoms with Crippen LogP contribution < -0.4 is 4.72 Å². The molecule has 0 saturated heterocycles. The Morgan fingerprint density at radius 1 is 1.12 bits per heavy atom. The molecule has 2 N–H and O–H groups in total. The van der Waals surface area contributed by atoms with Gasteiger partial charge < -0.3 is 0 Å². The number of nitrogens with zero attached hydrogens (tertiary/aromatic N) is 2. The topological polar surface area (TPSA) is 87.7 Å². The van der Waals surface area contributed by atoms with Gasteiger partial charge in [0, 0.05) is 23.6 Å². The standard InChI is InChI=1S/C18H19ClN4O2S/c1-2-13-5-3-4-6-16(13)26(24,25)20-12-11-17-21-18(23-22-17)14-7-9-15(19)10-8-14/h3-10,20H,2,11-12H2,1H3,(H,21,22,23). The van der Waals surface area contributed by atoms with Crippen molar-refractivity contribution >= 4 is 21.6 Å². The van der Waals surface area contributed by atoms with Crippen LogP contribution in [0, 0.1) is 0 Å². The summed E-state index contributed by atoms with van der Waals surface area (Å²) in [5.74, 6) is 1.16. The van der Waals surface area contributed by atoms with Gasteiger partial charge in [-0.2, -0.15) is 5.10 Å². The molecule has 0 amide bonds. The molecule has 0 radical (unpaired) electrons. The largest absolute Gasteiger partial charge is 0.263 e. The van der Waals surface area contributed by atoms with Crippen LogP contribution in [0.3, 0.4) is 0 Å². The van der Waals surface area contributed by atoms with Crippen LogP contribution in [0.15, 0.2) is 53.4 Å². The van der Waals surface area contributed by atoms with Crippen molar-refractivity contribution in [3.05, 3.63) is 64.9 Å². The third-order valence-corrected chi connectivity index (χ3v) is 5.74. The molecule has 0 saturated carbocycles. The van der Waals surface area contributed by atoms with Crippen LogP contribution in [-0.2, 0) is 22.9 Å². The van der Waals surface area contributed by atoms with Gasteiger partial charge in [0.1, 0.15) is 5.82 Å². The Labute approximate surface area is 157 Å². The molecular formula is C18H19ClN4O2S. The summed E-state index contributed by atoms with van der Waals surface area (Å²) in [5, 5.41) is 7.64. The normalized spacial score (nSPS) is 11.6. The van der Waals surface area contributed by atoms with Gasteiger partial charge in [-0.1, -0.05) is 36.7 Å². The highest BCUT2D eigenvalue weighted by Gasteiger charge is 2.17. The monoisotopic (exact) mass is 390 g/mol. The SMILES string of the molecule is CCc1ccccc1S(=O)(=O)NCCc1nc(-c2ccc(Cl)cc2)n[nH]1. The second kappa shape index (κ2) is 7.99. The fraction of sp³-hybridized carbons (Fsp3) is 0.222. The summed E-state index contributed by atoms with van der Waals surface area (Å²) in [6.07, 6.45) is 1.07. The first kappa shape index (κ1) is 18.6. The number of halogens is 1. The molecule has 0 aliphatic carbocycles. The second-order valence-electron chi connectivity index (χ2n) is 5.72. The number of hydrogen-bond acceptors (Lipinski definition) is 4. The molecule has 2 aromatic carbocycles. The third-order valence-electron chi connectivity index (χ3n) is 3.93. The number of aryl methyl sites for hydroxylation is 1. The van der Waals surface area contributed by atoms with Gasteiger partial charge in [0.05, 0.1) is 4.90 Å². The maximum Gasteiger partial charge on any atom is 0.240 e. The van der Waals surface area contributed by atoms with E-state index in [1.807, 2.05) is 31.2 Å². The Morgan fingerprint density at radius 2 is 1.85 bits per heavy atom. The van der Waals surface area contributed by atoms with E-state index in [1.165, 1.54) is 0 Å². The molecule has 1 heterocycles. The molecule has 6 nitrogen and oxygen atoms in total. The molecule has 0 atom stereocenters. The Hall–Kier alpha value is -2.22. The van der Waals surface area contributed by atoms with E-state index in [9.17, 15) is 8.42 Å². The van der Waals surface area contributed by atoms with Crippen molar-refractivity contribution in [2.24, 2.45) is 0 Å². The number of aromatic amines is 1. The summed E-state index contributed by atoms with van der Waals surface area (Å²) < 4.78 is 27.6. The molecule has 3 aromatic rings. The fourth-order valence-corrected chi connectivity index (χ4v) is 4.04. The lowest BCUT2D eigenvalue weighted by atomic mass is 10.2. The lowest BCUT2D eigenvalue weighted by molar-refractivity contribution is 0.580. The maximum atomic E-state index is 12.5. The van der Waals surface area contributed by atoms with E-state index in [0.717, 1.165) is 11.1 Å². The summed E-state index contributed by atoms with van der Waals surface area (Å²) in [4.78, 5) is 4.71. The molecule has 0 spiro atoms.